The Morgan fingerprint density at radius 3 is 2.48 bits per heavy atom. The van der Waals surface area contributed by atoms with Crippen molar-refractivity contribution >= 4 is 33.2 Å². The lowest BCUT2D eigenvalue weighted by Gasteiger charge is -2.26. The minimum atomic E-state index is -3.95. The Morgan fingerprint density at radius 1 is 1.19 bits per heavy atom. The average Bonchev–Trinajstić information content (AvgIpc) is 2.63. The summed E-state index contributed by atoms with van der Waals surface area (Å²) < 4.78 is 32.5. The maximum absolute atomic E-state index is 13.2. The summed E-state index contributed by atoms with van der Waals surface area (Å²) in [4.78, 5) is 12.6. The minimum Gasteiger partial charge on any atom is -0.383 e. The van der Waals surface area contributed by atoms with E-state index in [0.717, 1.165) is 4.31 Å². The molecule has 0 aliphatic carbocycles. The molecule has 6 nitrogen and oxygen atoms in total. The number of methoxy groups -OCH3 is 1. The number of hydrogen-bond acceptors (Lipinski definition) is 4. The third-order valence-electron chi connectivity index (χ3n) is 3.95. The van der Waals surface area contributed by atoms with Crippen LogP contribution in [0.3, 0.4) is 0 Å². The van der Waals surface area contributed by atoms with Crippen LogP contribution in [0.2, 0.25) is 5.02 Å². The zero-order valence-electron chi connectivity index (χ0n) is 15.5. The van der Waals surface area contributed by atoms with Gasteiger partial charge in [-0.25, -0.2) is 8.42 Å². The fourth-order valence-corrected chi connectivity index (χ4v) is 4.30. The summed E-state index contributed by atoms with van der Waals surface area (Å²) in [6, 6.07) is 12.7. The van der Waals surface area contributed by atoms with Gasteiger partial charge in [0, 0.05) is 18.2 Å². The zero-order chi connectivity index (χ0) is 20.0. The Labute approximate surface area is 165 Å². The second kappa shape index (κ2) is 9.21. The Bertz CT molecular complexity index is 888. The number of rotatable bonds is 8. The summed E-state index contributed by atoms with van der Waals surface area (Å²) in [6.45, 7) is 3.46. The van der Waals surface area contributed by atoms with Crippen LogP contribution in [0.5, 0.6) is 0 Å². The van der Waals surface area contributed by atoms with Crippen molar-refractivity contribution in [3.63, 3.8) is 0 Å². The topological polar surface area (TPSA) is 75.7 Å². The molecule has 0 bridgehead atoms. The van der Waals surface area contributed by atoms with E-state index in [-0.39, 0.29) is 17.5 Å². The Morgan fingerprint density at radius 2 is 1.85 bits per heavy atom. The third-order valence-corrected chi connectivity index (χ3v) is 6.13. The highest BCUT2D eigenvalue weighted by molar-refractivity contribution is 7.92. The number of nitrogens with zero attached hydrogens (tertiary/aromatic N) is 1. The standard InChI is InChI=1S/C19H23ClN2O4S/c1-14(13-26-3)21-19(23)12-22(18-11-7-10-17(20)15(18)2)27(24,25)16-8-5-4-6-9-16/h4-11,14H,12-13H2,1-3H3,(H,21,23)/t14-/m0/s1. The first-order valence-electron chi connectivity index (χ1n) is 8.38. The molecule has 27 heavy (non-hydrogen) atoms. The molecule has 0 spiro atoms. The number of carbonyl (C=O) groups is 1. The number of ether oxygens (including phenoxy) is 1. The van der Waals surface area contributed by atoms with Gasteiger partial charge in [-0.3, -0.25) is 9.10 Å². The van der Waals surface area contributed by atoms with Crippen LogP contribution in [0, 0.1) is 6.92 Å². The number of hydrogen-bond donors (Lipinski definition) is 1. The van der Waals surface area contributed by atoms with Crippen molar-refractivity contribution in [3.05, 3.63) is 59.1 Å². The van der Waals surface area contributed by atoms with Gasteiger partial charge in [0.25, 0.3) is 10.0 Å². The highest BCUT2D eigenvalue weighted by Gasteiger charge is 2.28. The number of amides is 1. The molecule has 2 aromatic carbocycles. The Kier molecular flexibility index (Phi) is 7.24. The van der Waals surface area contributed by atoms with Crippen molar-refractivity contribution in [1.29, 1.82) is 0 Å². The maximum Gasteiger partial charge on any atom is 0.264 e. The summed E-state index contributed by atoms with van der Waals surface area (Å²) in [6.07, 6.45) is 0. The van der Waals surface area contributed by atoms with E-state index in [1.807, 2.05) is 0 Å². The van der Waals surface area contributed by atoms with Crippen molar-refractivity contribution in [2.24, 2.45) is 0 Å². The molecule has 0 aliphatic heterocycles. The molecule has 0 saturated carbocycles. The molecule has 0 aromatic heterocycles. The molecule has 0 aliphatic rings. The predicted molar refractivity (Wildman–Crippen MR) is 107 cm³/mol. The van der Waals surface area contributed by atoms with Gasteiger partial charge in [-0.15, -0.1) is 0 Å². The molecule has 2 rings (SSSR count). The molecule has 0 heterocycles. The van der Waals surface area contributed by atoms with Crippen molar-refractivity contribution in [1.82, 2.24) is 5.32 Å². The molecule has 146 valence electrons. The van der Waals surface area contributed by atoms with Crippen LogP contribution in [0.4, 0.5) is 5.69 Å². The van der Waals surface area contributed by atoms with Crippen LogP contribution in [-0.2, 0) is 19.6 Å². The summed E-state index contributed by atoms with van der Waals surface area (Å²) in [5.41, 5.74) is 0.942. The Hall–Kier alpha value is -2.09. The van der Waals surface area contributed by atoms with Crippen LogP contribution in [0.25, 0.3) is 0 Å². The van der Waals surface area contributed by atoms with Crippen molar-refractivity contribution < 1.29 is 17.9 Å². The molecule has 2 aromatic rings. The lowest BCUT2D eigenvalue weighted by molar-refractivity contribution is -0.120. The number of halogens is 1. The largest absolute Gasteiger partial charge is 0.383 e. The van der Waals surface area contributed by atoms with E-state index in [2.05, 4.69) is 5.32 Å². The lowest BCUT2D eigenvalue weighted by atomic mass is 10.2. The number of benzene rings is 2. The van der Waals surface area contributed by atoms with E-state index in [1.165, 1.54) is 19.2 Å². The van der Waals surface area contributed by atoms with E-state index in [4.69, 9.17) is 16.3 Å². The van der Waals surface area contributed by atoms with E-state index >= 15 is 0 Å². The van der Waals surface area contributed by atoms with Gasteiger partial charge in [0.15, 0.2) is 0 Å². The summed E-state index contributed by atoms with van der Waals surface area (Å²) >= 11 is 6.18. The van der Waals surface area contributed by atoms with Crippen molar-refractivity contribution in [2.75, 3.05) is 24.6 Å². The van der Waals surface area contributed by atoms with Gasteiger partial charge < -0.3 is 10.1 Å². The molecule has 0 unspecified atom stereocenters. The molecule has 0 saturated heterocycles. The van der Waals surface area contributed by atoms with Crippen LogP contribution in [-0.4, -0.2) is 40.6 Å². The monoisotopic (exact) mass is 410 g/mol. The van der Waals surface area contributed by atoms with Crippen LogP contribution >= 0.6 is 11.6 Å². The van der Waals surface area contributed by atoms with Crippen LogP contribution in [0.1, 0.15) is 12.5 Å². The highest BCUT2D eigenvalue weighted by Crippen LogP contribution is 2.30. The molecular weight excluding hydrogens is 388 g/mol. The number of anilines is 1. The van der Waals surface area contributed by atoms with Crippen LogP contribution in [0.15, 0.2) is 53.4 Å². The smallest absolute Gasteiger partial charge is 0.264 e. The van der Waals surface area contributed by atoms with Gasteiger partial charge >= 0.3 is 0 Å². The van der Waals surface area contributed by atoms with Crippen LogP contribution < -0.4 is 9.62 Å². The predicted octanol–water partition coefficient (Wildman–Crippen LogP) is 2.99. The molecule has 1 N–H and O–H groups in total. The van der Waals surface area contributed by atoms with Gasteiger partial charge in [-0.1, -0.05) is 35.9 Å². The van der Waals surface area contributed by atoms with Gasteiger partial charge in [0.1, 0.15) is 6.54 Å². The Balaban J connectivity index is 2.43. The number of nitrogens with one attached hydrogen (secondary N) is 1. The van der Waals surface area contributed by atoms with Crippen molar-refractivity contribution in [3.8, 4) is 0 Å². The first kappa shape index (κ1) is 21.2. The SMILES string of the molecule is COC[C@H](C)NC(=O)CN(c1cccc(Cl)c1C)S(=O)(=O)c1ccccc1. The quantitative estimate of drug-likeness (QED) is 0.725. The molecule has 0 fully saturated rings. The minimum absolute atomic E-state index is 0.0992. The lowest BCUT2D eigenvalue weighted by Crippen LogP contribution is -2.45. The van der Waals surface area contributed by atoms with Gasteiger partial charge in [0.05, 0.1) is 17.2 Å². The van der Waals surface area contributed by atoms with E-state index in [0.29, 0.717) is 22.9 Å². The number of sulfonamides is 1. The van der Waals surface area contributed by atoms with E-state index in [1.54, 1.807) is 50.2 Å². The third kappa shape index (κ3) is 5.22. The maximum atomic E-state index is 13.2. The molecule has 8 heteroatoms. The zero-order valence-corrected chi connectivity index (χ0v) is 17.0. The summed E-state index contributed by atoms with van der Waals surface area (Å²) in [5, 5.41) is 3.16. The van der Waals surface area contributed by atoms with E-state index < -0.39 is 15.9 Å². The van der Waals surface area contributed by atoms with Gasteiger partial charge in [-0.2, -0.15) is 0 Å². The summed E-state index contributed by atoms with van der Waals surface area (Å²) in [5.74, 6) is -0.432. The van der Waals surface area contributed by atoms with E-state index in [9.17, 15) is 13.2 Å². The molecule has 1 amide bonds. The fourth-order valence-electron chi connectivity index (χ4n) is 2.63. The molecular formula is C19H23ClN2O4S. The first-order chi connectivity index (χ1) is 12.8. The first-order valence-corrected chi connectivity index (χ1v) is 10.2. The molecule has 1 atom stereocenters. The number of carbonyl (C=O) groups excluding carboxylic acids is 1. The normalized spacial score (nSPS) is 12.4. The molecule has 0 radical (unpaired) electrons. The van der Waals surface area contributed by atoms with Crippen molar-refractivity contribution in [2.45, 2.75) is 24.8 Å². The highest BCUT2D eigenvalue weighted by atomic mass is 35.5. The fraction of sp³-hybridized carbons (Fsp3) is 0.316. The second-order valence-corrected chi connectivity index (χ2v) is 8.40. The average molecular weight is 411 g/mol. The second-order valence-electron chi connectivity index (χ2n) is 6.13. The van der Waals surface area contributed by atoms with Gasteiger partial charge in [0.2, 0.25) is 5.91 Å². The van der Waals surface area contributed by atoms with Gasteiger partial charge in [-0.05, 0) is 43.7 Å². The summed E-state index contributed by atoms with van der Waals surface area (Å²) in [7, 11) is -2.42.